The average molecular weight is 324 g/mol. The number of hydrogen-bond donors (Lipinski definition) is 1. The van der Waals surface area contributed by atoms with Crippen LogP contribution in [-0.2, 0) is 26.0 Å². The van der Waals surface area contributed by atoms with Crippen molar-refractivity contribution in [3.05, 3.63) is 52.3 Å². The lowest BCUT2D eigenvalue weighted by atomic mass is 9.90. The molecule has 4 rings (SSSR count). The van der Waals surface area contributed by atoms with Crippen LogP contribution in [0.5, 0.6) is 0 Å². The van der Waals surface area contributed by atoms with E-state index in [0.29, 0.717) is 12.0 Å². The number of aryl methyl sites for hydroxylation is 1. The third-order valence-corrected chi connectivity index (χ3v) is 5.46. The Kier molecular flexibility index (Phi) is 3.36. The second kappa shape index (κ2) is 5.21. The van der Waals surface area contributed by atoms with Gasteiger partial charge in [0, 0.05) is 30.0 Å². The molecule has 1 aromatic carbocycles. The number of benzene rings is 1. The van der Waals surface area contributed by atoms with Crippen LogP contribution < -0.4 is 4.90 Å². The number of aliphatic hydroxyl groups is 1. The summed E-state index contributed by atoms with van der Waals surface area (Å²) < 4.78 is 2.22. The van der Waals surface area contributed by atoms with Crippen LogP contribution in [0.2, 0.25) is 0 Å². The van der Waals surface area contributed by atoms with Gasteiger partial charge in [-0.15, -0.1) is 0 Å². The normalized spacial score (nSPS) is 18.7. The van der Waals surface area contributed by atoms with Crippen molar-refractivity contribution in [1.82, 2.24) is 4.57 Å². The van der Waals surface area contributed by atoms with Gasteiger partial charge in [0.05, 0.1) is 6.61 Å². The van der Waals surface area contributed by atoms with Crippen molar-refractivity contribution in [2.75, 3.05) is 11.4 Å². The molecule has 0 saturated heterocycles. The smallest absolute Gasteiger partial charge is 0.274 e. The van der Waals surface area contributed by atoms with Gasteiger partial charge in [0.25, 0.3) is 5.91 Å². The van der Waals surface area contributed by atoms with E-state index < -0.39 is 0 Å². The zero-order valence-electron chi connectivity index (χ0n) is 14.6. The third kappa shape index (κ3) is 2.20. The lowest BCUT2D eigenvalue weighted by Gasteiger charge is -2.31. The van der Waals surface area contributed by atoms with Crippen LogP contribution in [-0.4, -0.2) is 22.1 Å². The number of rotatable bonds is 2. The fourth-order valence-electron chi connectivity index (χ4n) is 4.29. The molecule has 126 valence electrons. The fraction of sp³-hybridized carbons (Fsp3) is 0.450. The first-order valence-corrected chi connectivity index (χ1v) is 8.64. The van der Waals surface area contributed by atoms with Gasteiger partial charge in [0.15, 0.2) is 0 Å². The summed E-state index contributed by atoms with van der Waals surface area (Å²) >= 11 is 0. The summed E-state index contributed by atoms with van der Waals surface area (Å²) in [6.07, 6.45) is 2.09. The minimum absolute atomic E-state index is 0.0442. The fourth-order valence-corrected chi connectivity index (χ4v) is 4.29. The van der Waals surface area contributed by atoms with Crippen LogP contribution in [0.1, 0.15) is 46.7 Å². The topological polar surface area (TPSA) is 45.5 Å². The van der Waals surface area contributed by atoms with E-state index in [9.17, 15) is 9.90 Å². The standard InChI is InChI=1S/C20H24N2O2/c1-13-5-4-6-16(15(13)12-23)22-8-7-21-17(19(22)24)9-14-10-20(2,3)11-18(14)21/h4-6,9,23H,7-8,10-12H2,1-3H3. The zero-order chi connectivity index (χ0) is 17.1. The molecule has 0 spiro atoms. The molecular weight excluding hydrogens is 300 g/mol. The first-order chi connectivity index (χ1) is 11.4. The van der Waals surface area contributed by atoms with Crippen molar-refractivity contribution >= 4 is 11.6 Å². The number of anilines is 1. The highest BCUT2D eigenvalue weighted by Crippen LogP contribution is 2.39. The molecule has 0 unspecified atom stereocenters. The Bertz CT molecular complexity index is 832. The van der Waals surface area contributed by atoms with E-state index in [2.05, 4.69) is 24.5 Å². The van der Waals surface area contributed by atoms with Crippen molar-refractivity contribution in [3.8, 4) is 0 Å². The van der Waals surface area contributed by atoms with Crippen LogP contribution >= 0.6 is 0 Å². The highest BCUT2D eigenvalue weighted by atomic mass is 16.3. The molecule has 1 N–H and O–H groups in total. The number of aliphatic hydroxyl groups excluding tert-OH is 1. The minimum Gasteiger partial charge on any atom is -0.392 e. The summed E-state index contributed by atoms with van der Waals surface area (Å²) in [5.74, 6) is 0.0498. The number of carbonyl (C=O) groups excluding carboxylic acids is 1. The summed E-state index contributed by atoms with van der Waals surface area (Å²) in [6, 6.07) is 7.95. The molecule has 0 radical (unpaired) electrons. The highest BCUT2D eigenvalue weighted by molar-refractivity contribution is 6.06. The van der Waals surface area contributed by atoms with Gasteiger partial charge in [-0.1, -0.05) is 26.0 Å². The number of carbonyl (C=O) groups is 1. The SMILES string of the molecule is Cc1cccc(N2CCn3c(cc4c3CC(C)(C)C4)C2=O)c1CO. The lowest BCUT2D eigenvalue weighted by Crippen LogP contribution is -2.41. The van der Waals surface area contributed by atoms with Crippen molar-refractivity contribution in [1.29, 1.82) is 0 Å². The molecule has 0 bridgehead atoms. The summed E-state index contributed by atoms with van der Waals surface area (Å²) in [6.45, 7) is 7.99. The molecule has 2 aromatic rings. The minimum atomic E-state index is -0.0442. The van der Waals surface area contributed by atoms with E-state index in [1.54, 1.807) is 0 Å². The van der Waals surface area contributed by atoms with Crippen LogP contribution in [0.25, 0.3) is 0 Å². The van der Waals surface area contributed by atoms with Crippen molar-refractivity contribution < 1.29 is 9.90 Å². The molecule has 1 amide bonds. The molecule has 1 aliphatic heterocycles. The van der Waals surface area contributed by atoms with Crippen molar-refractivity contribution in [2.45, 2.75) is 46.8 Å². The predicted octanol–water partition coefficient (Wildman–Crippen LogP) is 3.07. The predicted molar refractivity (Wildman–Crippen MR) is 94.4 cm³/mol. The molecule has 4 nitrogen and oxygen atoms in total. The van der Waals surface area contributed by atoms with Gasteiger partial charge >= 0.3 is 0 Å². The van der Waals surface area contributed by atoms with Gasteiger partial charge in [-0.3, -0.25) is 4.79 Å². The van der Waals surface area contributed by atoms with Crippen LogP contribution in [0.3, 0.4) is 0 Å². The lowest BCUT2D eigenvalue weighted by molar-refractivity contribution is 0.0963. The van der Waals surface area contributed by atoms with Gasteiger partial charge in [-0.25, -0.2) is 0 Å². The van der Waals surface area contributed by atoms with Gasteiger partial charge in [0.1, 0.15) is 5.69 Å². The van der Waals surface area contributed by atoms with Gasteiger partial charge < -0.3 is 14.6 Å². The number of nitrogens with zero attached hydrogens (tertiary/aromatic N) is 2. The second-order valence-corrected chi connectivity index (χ2v) is 7.86. The molecule has 1 aromatic heterocycles. The quantitative estimate of drug-likeness (QED) is 0.923. The maximum Gasteiger partial charge on any atom is 0.274 e. The Labute approximate surface area is 142 Å². The number of aromatic nitrogens is 1. The molecule has 0 saturated carbocycles. The average Bonchev–Trinajstić information content (AvgIpc) is 3.00. The largest absolute Gasteiger partial charge is 0.392 e. The summed E-state index contributed by atoms with van der Waals surface area (Å²) in [5.41, 5.74) is 6.48. The maximum absolute atomic E-state index is 13.1. The highest BCUT2D eigenvalue weighted by Gasteiger charge is 2.37. The summed E-state index contributed by atoms with van der Waals surface area (Å²) in [4.78, 5) is 14.9. The van der Waals surface area contributed by atoms with E-state index in [-0.39, 0.29) is 12.5 Å². The Balaban J connectivity index is 1.73. The summed E-state index contributed by atoms with van der Waals surface area (Å²) in [5, 5.41) is 9.72. The Morgan fingerprint density at radius 1 is 1.21 bits per heavy atom. The molecule has 1 aliphatic carbocycles. The molecule has 2 aliphatic rings. The van der Waals surface area contributed by atoms with Gasteiger partial charge in [-0.05, 0) is 48.4 Å². The Hall–Kier alpha value is -2.07. The molecular formula is C20H24N2O2. The Morgan fingerprint density at radius 3 is 2.75 bits per heavy atom. The first-order valence-electron chi connectivity index (χ1n) is 8.64. The number of amides is 1. The Morgan fingerprint density at radius 2 is 2.00 bits per heavy atom. The number of fused-ring (bicyclic) bond motifs is 3. The van der Waals surface area contributed by atoms with Crippen LogP contribution in [0.4, 0.5) is 5.69 Å². The van der Waals surface area contributed by atoms with Gasteiger partial charge in [0.2, 0.25) is 0 Å². The molecule has 0 fully saturated rings. The van der Waals surface area contributed by atoms with Gasteiger partial charge in [-0.2, -0.15) is 0 Å². The van der Waals surface area contributed by atoms with E-state index in [4.69, 9.17) is 0 Å². The maximum atomic E-state index is 13.1. The zero-order valence-corrected chi connectivity index (χ0v) is 14.6. The van der Waals surface area contributed by atoms with Crippen LogP contribution in [0, 0.1) is 12.3 Å². The van der Waals surface area contributed by atoms with E-state index in [1.807, 2.05) is 30.0 Å². The van der Waals surface area contributed by atoms with E-state index in [0.717, 1.165) is 41.9 Å². The first kappa shape index (κ1) is 15.5. The molecule has 24 heavy (non-hydrogen) atoms. The third-order valence-electron chi connectivity index (χ3n) is 5.46. The number of hydrogen-bond acceptors (Lipinski definition) is 2. The van der Waals surface area contributed by atoms with Crippen molar-refractivity contribution in [2.24, 2.45) is 5.41 Å². The van der Waals surface area contributed by atoms with E-state index >= 15 is 0 Å². The monoisotopic (exact) mass is 324 g/mol. The molecule has 0 atom stereocenters. The second-order valence-electron chi connectivity index (χ2n) is 7.86. The summed E-state index contributed by atoms with van der Waals surface area (Å²) in [7, 11) is 0. The van der Waals surface area contributed by atoms with Crippen molar-refractivity contribution in [3.63, 3.8) is 0 Å². The van der Waals surface area contributed by atoms with E-state index in [1.165, 1.54) is 11.3 Å². The van der Waals surface area contributed by atoms with Crippen LogP contribution in [0.15, 0.2) is 24.3 Å². The molecule has 4 heteroatoms. The molecule has 2 heterocycles.